The van der Waals surface area contributed by atoms with Crippen LogP contribution in [0.4, 0.5) is 0 Å². The summed E-state index contributed by atoms with van der Waals surface area (Å²) in [6, 6.07) is 0. The highest BCUT2D eigenvalue weighted by molar-refractivity contribution is 5.86. The lowest BCUT2D eigenvalue weighted by atomic mass is 10.0. The Balaban J connectivity index is 1.74. The van der Waals surface area contributed by atoms with Crippen molar-refractivity contribution in [3.05, 3.63) is 0 Å². The molecule has 0 radical (unpaired) electrons. The first-order valence-electron chi connectivity index (χ1n) is 7.07. The fraction of sp³-hybridized carbons (Fsp3) is 0.857. The van der Waals surface area contributed by atoms with Crippen molar-refractivity contribution in [3.8, 4) is 0 Å². The van der Waals surface area contributed by atoms with E-state index in [1.807, 2.05) is 6.92 Å². The summed E-state index contributed by atoms with van der Waals surface area (Å²) in [6.07, 6.45) is 8.44. The van der Waals surface area contributed by atoms with E-state index in [0.29, 0.717) is 11.8 Å². The van der Waals surface area contributed by atoms with Gasteiger partial charge in [0.25, 0.3) is 0 Å². The maximum absolute atomic E-state index is 11.9. The van der Waals surface area contributed by atoms with Crippen LogP contribution in [0.1, 0.15) is 58.8 Å². The Hall–Kier alpha value is -0.860. The van der Waals surface area contributed by atoms with Gasteiger partial charge >= 0.3 is 0 Å². The van der Waals surface area contributed by atoms with Gasteiger partial charge in [-0.2, -0.15) is 5.10 Å². The highest BCUT2D eigenvalue weighted by Crippen LogP contribution is 2.55. The molecule has 1 amide bonds. The summed E-state index contributed by atoms with van der Waals surface area (Å²) in [4.78, 5) is 11.9. The van der Waals surface area contributed by atoms with E-state index in [-0.39, 0.29) is 11.8 Å². The van der Waals surface area contributed by atoms with Gasteiger partial charge in [-0.05, 0) is 44.4 Å². The summed E-state index contributed by atoms with van der Waals surface area (Å²) in [5, 5.41) is 4.20. The summed E-state index contributed by atoms with van der Waals surface area (Å²) >= 11 is 0. The summed E-state index contributed by atoms with van der Waals surface area (Å²) < 4.78 is 0. The van der Waals surface area contributed by atoms with Crippen molar-refractivity contribution < 1.29 is 4.79 Å². The van der Waals surface area contributed by atoms with Crippen molar-refractivity contribution in [1.82, 2.24) is 5.43 Å². The van der Waals surface area contributed by atoms with Gasteiger partial charge in [-0.15, -0.1) is 0 Å². The highest BCUT2D eigenvalue weighted by Gasteiger charge is 2.54. The SMILES string of the molecule is CCCC/C(C)=N\NC(=O)C1[C@@H]2CCCC[C@@H]12. The van der Waals surface area contributed by atoms with Crippen molar-refractivity contribution in [2.45, 2.75) is 58.8 Å². The highest BCUT2D eigenvalue weighted by atomic mass is 16.2. The number of hydrazone groups is 1. The van der Waals surface area contributed by atoms with Crippen molar-refractivity contribution in [3.63, 3.8) is 0 Å². The monoisotopic (exact) mass is 236 g/mol. The van der Waals surface area contributed by atoms with Crippen LogP contribution in [0.3, 0.4) is 0 Å². The first-order valence-corrected chi connectivity index (χ1v) is 7.07. The lowest BCUT2D eigenvalue weighted by molar-refractivity contribution is -0.122. The fourth-order valence-corrected chi connectivity index (χ4v) is 3.09. The largest absolute Gasteiger partial charge is 0.273 e. The Labute approximate surface area is 104 Å². The minimum Gasteiger partial charge on any atom is -0.273 e. The average Bonchev–Trinajstić information content (AvgIpc) is 3.07. The molecule has 0 bridgehead atoms. The van der Waals surface area contributed by atoms with Gasteiger partial charge in [0.2, 0.25) is 5.91 Å². The Morgan fingerprint density at radius 3 is 2.53 bits per heavy atom. The second kappa shape index (κ2) is 5.65. The summed E-state index contributed by atoms with van der Waals surface area (Å²) in [6.45, 7) is 4.16. The second-order valence-electron chi connectivity index (χ2n) is 5.56. The molecule has 2 aliphatic carbocycles. The van der Waals surface area contributed by atoms with Crippen LogP contribution in [0.15, 0.2) is 5.10 Å². The normalized spacial score (nSPS) is 31.9. The standard InChI is InChI=1S/C14H24N2O/c1-3-4-7-10(2)15-16-14(17)13-11-8-5-6-9-12(11)13/h11-13H,3-9H2,1-2H3,(H,16,17)/b15-10-/t11-,12-/m1/s1. The number of carbonyl (C=O) groups is 1. The van der Waals surface area contributed by atoms with Gasteiger partial charge in [-0.25, -0.2) is 5.43 Å². The van der Waals surface area contributed by atoms with Crippen molar-refractivity contribution in [1.29, 1.82) is 0 Å². The molecule has 0 unspecified atom stereocenters. The third kappa shape index (κ3) is 3.08. The molecule has 2 saturated carbocycles. The van der Waals surface area contributed by atoms with Gasteiger partial charge in [0.1, 0.15) is 0 Å². The zero-order valence-corrected chi connectivity index (χ0v) is 11.0. The Morgan fingerprint density at radius 2 is 1.94 bits per heavy atom. The lowest BCUT2D eigenvalue weighted by Gasteiger charge is -2.04. The molecule has 3 heteroatoms. The van der Waals surface area contributed by atoms with Crippen LogP contribution < -0.4 is 5.43 Å². The smallest absolute Gasteiger partial charge is 0.243 e. The maximum Gasteiger partial charge on any atom is 0.243 e. The molecule has 1 N–H and O–H groups in total. The quantitative estimate of drug-likeness (QED) is 0.578. The molecule has 0 aliphatic heterocycles. The number of rotatable bonds is 5. The molecule has 0 spiro atoms. The number of hydrogen-bond donors (Lipinski definition) is 1. The Morgan fingerprint density at radius 1 is 1.29 bits per heavy atom. The molecule has 17 heavy (non-hydrogen) atoms. The minimum atomic E-state index is 0.165. The summed E-state index contributed by atoms with van der Waals surface area (Å²) in [5.41, 5.74) is 3.80. The van der Waals surface area contributed by atoms with Crippen LogP contribution in [0.2, 0.25) is 0 Å². The van der Waals surface area contributed by atoms with Crippen LogP contribution in [0.5, 0.6) is 0 Å². The molecule has 0 heterocycles. The van der Waals surface area contributed by atoms with Crippen molar-refractivity contribution >= 4 is 11.6 Å². The maximum atomic E-state index is 11.9. The van der Waals surface area contributed by atoms with Gasteiger partial charge in [-0.1, -0.05) is 26.2 Å². The molecule has 0 aromatic carbocycles. The average molecular weight is 236 g/mol. The Kier molecular flexibility index (Phi) is 4.19. The summed E-state index contributed by atoms with van der Waals surface area (Å²) in [7, 11) is 0. The van der Waals surface area contributed by atoms with E-state index >= 15 is 0 Å². The van der Waals surface area contributed by atoms with E-state index in [9.17, 15) is 4.79 Å². The van der Waals surface area contributed by atoms with Crippen molar-refractivity contribution in [2.24, 2.45) is 22.9 Å². The first-order chi connectivity index (χ1) is 8.24. The van der Waals surface area contributed by atoms with Gasteiger partial charge in [0.15, 0.2) is 0 Å². The van der Waals surface area contributed by atoms with Gasteiger partial charge < -0.3 is 0 Å². The number of fused-ring (bicyclic) bond motifs is 1. The first kappa shape index (κ1) is 12.6. The number of unbranched alkanes of at least 4 members (excludes halogenated alkanes) is 1. The molecule has 0 aromatic heterocycles. The minimum absolute atomic E-state index is 0.165. The predicted octanol–water partition coefficient (Wildman–Crippen LogP) is 3.10. The summed E-state index contributed by atoms with van der Waals surface area (Å²) in [5.74, 6) is 1.79. The number of nitrogens with one attached hydrogen (secondary N) is 1. The van der Waals surface area contributed by atoms with Crippen LogP contribution in [-0.2, 0) is 4.79 Å². The topological polar surface area (TPSA) is 41.5 Å². The molecule has 2 aliphatic rings. The van der Waals surface area contributed by atoms with E-state index < -0.39 is 0 Å². The predicted molar refractivity (Wildman–Crippen MR) is 69.7 cm³/mol. The number of nitrogens with zero attached hydrogens (tertiary/aromatic N) is 1. The molecule has 0 aromatic rings. The molecule has 2 atom stereocenters. The van der Waals surface area contributed by atoms with E-state index in [1.54, 1.807) is 0 Å². The van der Waals surface area contributed by atoms with Crippen LogP contribution >= 0.6 is 0 Å². The third-order valence-electron chi connectivity index (χ3n) is 4.21. The second-order valence-corrected chi connectivity index (χ2v) is 5.56. The lowest BCUT2D eigenvalue weighted by Crippen LogP contribution is -2.22. The molecule has 0 saturated heterocycles. The molecular formula is C14H24N2O. The van der Waals surface area contributed by atoms with Crippen LogP contribution in [0.25, 0.3) is 0 Å². The van der Waals surface area contributed by atoms with E-state index in [2.05, 4.69) is 17.5 Å². The molecule has 3 nitrogen and oxygen atoms in total. The van der Waals surface area contributed by atoms with E-state index in [1.165, 1.54) is 32.1 Å². The van der Waals surface area contributed by atoms with Crippen molar-refractivity contribution in [2.75, 3.05) is 0 Å². The van der Waals surface area contributed by atoms with E-state index in [4.69, 9.17) is 0 Å². The fourth-order valence-electron chi connectivity index (χ4n) is 3.09. The number of hydrogen-bond acceptors (Lipinski definition) is 2. The molecular weight excluding hydrogens is 212 g/mol. The van der Waals surface area contributed by atoms with Gasteiger partial charge in [-0.3, -0.25) is 4.79 Å². The number of amides is 1. The Bertz CT molecular complexity index is 299. The van der Waals surface area contributed by atoms with Gasteiger partial charge in [0, 0.05) is 11.6 Å². The molecule has 2 rings (SSSR count). The third-order valence-corrected chi connectivity index (χ3v) is 4.21. The molecule has 96 valence electrons. The van der Waals surface area contributed by atoms with Gasteiger partial charge in [0.05, 0.1) is 0 Å². The van der Waals surface area contributed by atoms with Crippen LogP contribution in [-0.4, -0.2) is 11.6 Å². The molecule has 2 fully saturated rings. The zero-order valence-electron chi connectivity index (χ0n) is 11.0. The zero-order chi connectivity index (χ0) is 12.3. The van der Waals surface area contributed by atoms with Crippen LogP contribution in [0, 0.1) is 17.8 Å². The number of carbonyl (C=O) groups excluding carboxylic acids is 1. The van der Waals surface area contributed by atoms with E-state index in [0.717, 1.165) is 18.6 Å².